The fourth-order valence-corrected chi connectivity index (χ4v) is 1.72. The van der Waals surface area contributed by atoms with E-state index in [-0.39, 0.29) is 17.9 Å². The predicted octanol–water partition coefficient (Wildman–Crippen LogP) is 0.305. The van der Waals surface area contributed by atoms with E-state index in [0.29, 0.717) is 0 Å². The topological polar surface area (TPSA) is 26.0 Å². The van der Waals surface area contributed by atoms with Crippen molar-refractivity contribution in [1.29, 1.82) is 0 Å². The molecule has 0 bridgehead atoms. The van der Waals surface area contributed by atoms with Crippen molar-refractivity contribution in [3.05, 3.63) is 60.7 Å². The summed E-state index contributed by atoms with van der Waals surface area (Å²) in [5.74, 6) is 0. The quantitative estimate of drug-likeness (QED) is 0.732. The Kier molecular flexibility index (Phi) is 6.09. The van der Waals surface area contributed by atoms with Crippen molar-refractivity contribution < 1.29 is 12.4 Å². The number of aryl methyl sites for hydroxylation is 1. The molecular weight excluding hydrogens is 218 g/mol. The highest BCUT2D eigenvalue weighted by Crippen LogP contribution is 2.26. The number of halogens is 1. The molecule has 0 aliphatic rings. The van der Waals surface area contributed by atoms with Crippen LogP contribution < -0.4 is 18.1 Å². The van der Waals surface area contributed by atoms with Crippen molar-refractivity contribution >= 4 is 0 Å². The molecule has 1 rings (SSSR count). The molecule has 0 aliphatic heterocycles. The zero-order valence-corrected chi connectivity index (χ0v) is 10.5. The summed E-state index contributed by atoms with van der Waals surface area (Å²) < 4.78 is 0. The van der Waals surface area contributed by atoms with E-state index in [4.69, 9.17) is 5.73 Å². The molecule has 2 N–H and O–H groups in total. The van der Waals surface area contributed by atoms with E-state index in [1.807, 2.05) is 12.2 Å². The molecule has 0 fully saturated rings. The number of rotatable bonds is 5. The Morgan fingerprint density at radius 2 is 1.56 bits per heavy atom. The molecule has 0 heterocycles. The fraction of sp³-hybridized carbons (Fsp3) is 0.286. The Morgan fingerprint density at radius 3 is 1.94 bits per heavy atom. The lowest BCUT2D eigenvalue weighted by Gasteiger charge is -2.27. The number of hydrogen-bond donors (Lipinski definition) is 1. The molecule has 0 saturated heterocycles. The average Bonchev–Trinajstić information content (AvgIpc) is 2.19. The van der Waals surface area contributed by atoms with Gasteiger partial charge in [-0.25, -0.2) is 0 Å². The highest BCUT2D eigenvalue weighted by molar-refractivity contribution is 5.29. The van der Waals surface area contributed by atoms with Crippen LogP contribution in [0.5, 0.6) is 0 Å². The first-order valence-corrected chi connectivity index (χ1v) is 5.20. The van der Waals surface area contributed by atoms with Gasteiger partial charge in [0.05, 0.1) is 0 Å². The van der Waals surface area contributed by atoms with Crippen molar-refractivity contribution in [2.24, 2.45) is 5.73 Å². The molecule has 2 heteroatoms. The zero-order chi connectivity index (χ0) is 11.3. The summed E-state index contributed by atoms with van der Waals surface area (Å²) in [5, 5.41) is 0. The van der Waals surface area contributed by atoms with Crippen LogP contribution in [0, 0.1) is 6.92 Å². The summed E-state index contributed by atoms with van der Waals surface area (Å²) in [6.45, 7) is 9.59. The lowest BCUT2D eigenvalue weighted by atomic mass is 9.84. The minimum absolute atomic E-state index is 0. The Labute approximate surface area is 104 Å². The monoisotopic (exact) mass is 236 g/mol. The normalized spacial score (nSPS) is 10.4. The molecule has 0 spiro atoms. The van der Waals surface area contributed by atoms with Crippen LogP contribution in [0.2, 0.25) is 0 Å². The van der Waals surface area contributed by atoms with Gasteiger partial charge < -0.3 is 18.1 Å². The molecule has 0 amide bonds. The summed E-state index contributed by atoms with van der Waals surface area (Å²) >= 11 is 0. The van der Waals surface area contributed by atoms with Gasteiger partial charge in [-0.1, -0.05) is 42.0 Å². The molecule has 1 aromatic carbocycles. The molecule has 0 saturated carbocycles. The van der Waals surface area contributed by atoms with Gasteiger partial charge >= 0.3 is 0 Å². The first-order valence-electron chi connectivity index (χ1n) is 5.20. The van der Waals surface area contributed by atoms with E-state index in [1.54, 1.807) is 0 Å². The third kappa shape index (κ3) is 3.51. The Bertz CT molecular complexity index is 330. The van der Waals surface area contributed by atoms with Crippen LogP contribution in [0.4, 0.5) is 0 Å². The molecular formula is C14H19ClN-. The van der Waals surface area contributed by atoms with E-state index in [1.165, 1.54) is 5.56 Å². The van der Waals surface area contributed by atoms with E-state index < -0.39 is 0 Å². The molecule has 0 aliphatic carbocycles. The van der Waals surface area contributed by atoms with Crippen LogP contribution in [0.25, 0.3) is 0 Å². The second kappa shape index (κ2) is 6.51. The van der Waals surface area contributed by atoms with Gasteiger partial charge in [0.2, 0.25) is 0 Å². The van der Waals surface area contributed by atoms with Gasteiger partial charge in [0, 0.05) is 5.54 Å². The van der Waals surface area contributed by atoms with Gasteiger partial charge in [-0.3, -0.25) is 0 Å². The molecule has 0 atom stereocenters. The lowest BCUT2D eigenvalue weighted by molar-refractivity contribution is -0.00000352. The SMILES string of the molecule is C=CCC(N)(CC=C)c1ccc(C)cc1.[Cl-]. The third-order valence-corrected chi connectivity index (χ3v) is 2.64. The zero-order valence-electron chi connectivity index (χ0n) is 9.75. The van der Waals surface area contributed by atoms with Crippen LogP contribution in [-0.2, 0) is 5.54 Å². The van der Waals surface area contributed by atoms with Crippen molar-refractivity contribution in [1.82, 2.24) is 0 Å². The largest absolute Gasteiger partial charge is 1.00 e. The average molecular weight is 237 g/mol. The summed E-state index contributed by atoms with van der Waals surface area (Å²) in [5.41, 5.74) is 8.39. The van der Waals surface area contributed by atoms with Gasteiger partial charge in [0.25, 0.3) is 0 Å². The Hall–Kier alpha value is -1.05. The van der Waals surface area contributed by atoms with Gasteiger partial charge in [0.15, 0.2) is 0 Å². The van der Waals surface area contributed by atoms with E-state index in [9.17, 15) is 0 Å². The minimum Gasteiger partial charge on any atom is -1.00 e. The second-order valence-electron chi connectivity index (χ2n) is 4.01. The predicted molar refractivity (Wildman–Crippen MR) is 66.7 cm³/mol. The summed E-state index contributed by atoms with van der Waals surface area (Å²) in [6, 6.07) is 8.34. The molecule has 88 valence electrons. The van der Waals surface area contributed by atoms with Gasteiger partial charge in [-0.15, -0.1) is 13.2 Å². The van der Waals surface area contributed by atoms with Gasteiger partial charge in [-0.05, 0) is 25.3 Å². The van der Waals surface area contributed by atoms with Crippen LogP contribution in [-0.4, -0.2) is 0 Å². The smallest absolute Gasteiger partial charge is 0.0479 e. The van der Waals surface area contributed by atoms with Crippen LogP contribution >= 0.6 is 0 Å². The first-order chi connectivity index (χ1) is 7.12. The van der Waals surface area contributed by atoms with Crippen molar-refractivity contribution in [2.75, 3.05) is 0 Å². The van der Waals surface area contributed by atoms with Gasteiger partial charge in [-0.2, -0.15) is 0 Å². The molecule has 1 aromatic rings. The standard InChI is InChI=1S/C14H19N.ClH/c1-4-10-14(15,11-5-2)13-8-6-12(3)7-9-13;/h4-9H,1-2,10-11,15H2,3H3;1H/p-1. The fourth-order valence-electron chi connectivity index (χ4n) is 1.72. The summed E-state index contributed by atoms with van der Waals surface area (Å²) in [7, 11) is 0. The van der Waals surface area contributed by atoms with E-state index >= 15 is 0 Å². The second-order valence-corrected chi connectivity index (χ2v) is 4.01. The molecule has 0 radical (unpaired) electrons. The highest BCUT2D eigenvalue weighted by atomic mass is 35.5. The molecule has 1 nitrogen and oxygen atoms in total. The van der Waals surface area contributed by atoms with Crippen LogP contribution in [0.3, 0.4) is 0 Å². The lowest BCUT2D eigenvalue weighted by Crippen LogP contribution is -3.00. The van der Waals surface area contributed by atoms with Crippen molar-refractivity contribution in [3.63, 3.8) is 0 Å². The minimum atomic E-state index is -0.350. The number of benzene rings is 1. The van der Waals surface area contributed by atoms with Crippen molar-refractivity contribution in [2.45, 2.75) is 25.3 Å². The maximum atomic E-state index is 6.35. The number of hydrogen-bond acceptors (Lipinski definition) is 1. The summed E-state index contributed by atoms with van der Waals surface area (Å²) in [4.78, 5) is 0. The third-order valence-electron chi connectivity index (χ3n) is 2.64. The van der Waals surface area contributed by atoms with Crippen molar-refractivity contribution in [3.8, 4) is 0 Å². The molecule has 0 unspecified atom stereocenters. The van der Waals surface area contributed by atoms with E-state index in [0.717, 1.165) is 18.4 Å². The van der Waals surface area contributed by atoms with E-state index in [2.05, 4.69) is 44.3 Å². The maximum Gasteiger partial charge on any atom is 0.0479 e. The molecule has 16 heavy (non-hydrogen) atoms. The Balaban J connectivity index is 0.00000225. The highest BCUT2D eigenvalue weighted by Gasteiger charge is 2.23. The van der Waals surface area contributed by atoms with Gasteiger partial charge in [0.1, 0.15) is 0 Å². The number of nitrogens with two attached hydrogens (primary N) is 1. The van der Waals surface area contributed by atoms with Crippen LogP contribution in [0.15, 0.2) is 49.6 Å². The van der Waals surface area contributed by atoms with Crippen LogP contribution in [0.1, 0.15) is 24.0 Å². The summed E-state index contributed by atoms with van der Waals surface area (Å²) in [6.07, 6.45) is 5.26. The molecule has 0 aromatic heterocycles. The Morgan fingerprint density at radius 1 is 1.12 bits per heavy atom. The maximum absolute atomic E-state index is 6.35. The first kappa shape index (κ1) is 14.9.